The van der Waals surface area contributed by atoms with Crippen molar-refractivity contribution in [2.75, 3.05) is 5.33 Å². The van der Waals surface area contributed by atoms with Crippen LogP contribution in [0.1, 0.15) is 72.6 Å². The SMILES string of the molecule is CCCCC(CC)CC(C)(CBr)CCC. The first-order valence-corrected chi connectivity index (χ1v) is 7.80. The standard InChI is InChI=1S/C14H29Br/c1-5-8-9-13(7-3)11-14(4,12-15)10-6-2/h13H,5-12H2,1-4H3. The van der Waals surface area contributed by atoms with Gasteiger partial charge >= 0.3 is 0 Å². The normalized spacial score (nSPS) is 17.4. The van der Waals surface area contributed by atoms with Gasteiger partial charge in [-0.1, -0.05) is 75.7 Å². The molecule has 0 N–H and O–H groups in total. The summed E-state index contributed by atoms with van der Waals surface area (Å²) in [5.41, 5.74) is 0.531. The Morgan fingerprint density at radius 1 is 1.13 bits per heavy atom. The number of rotatable bonds is 9. The molecule has 0 aromatic rings. The molecule has 2 atom stereocenters. The zero-order valence-electron chi connectivity index (χ0n) is 11.1. The monoisotopic (exact) mass is 276 g/mol. The molecule has 0 aromatic heterocycles. The average molecular weight is 277 g/mol. The molecule has 2 unspecified atom stereocenters. The Balaban J connectivity index is 4.09. The number of hydrogen-bond donors (Lipinski definition) is 0. The minimum absolute atomic E-state index is 0.531. The van der Waals surface area contributed by atoms with Crippen LogP contribution in [0.25, 0.3) is 0 Å². The maximum atomic E-state index is 3.70. The zero-order valence-corrected chi connectivity index (χ0v) is 12.7. The lowest BCUT2D eigenvalue weighted by molar-refractivity contribution is 0.238. The molecule has 0 rings (SSSR count). The third-order valence-electron chi connectivity index (χ3n) is 3.50. The van der Waals surface area contributed by atoms with Crippen LogP contribution in [0.2, 0.25) is 0 Å². The molecule has 0 amide bonds. The molecule has 15 heavy (non-hydrogen) atoms. The van der Waals surface area contributed by atoms with Crippen molar-refractivity contribution in [1.29, 1.82) is 0 Å². The van der Waals surface area contributed by atoms with E-state index in [-0.39, 0.29) is 0 Å². The Kier molecular flexibility index (Phi) is 8.89. The van der Waals surface area contributed by atoms with Crippen LogP contribution >= 0.6 is 15.9 Å². The van der Waals surface area contributed by atoms with Crippen molar-refractivity contribution < 1.29 is 0 Å². The summed E-state index contributed by atoms with van der Waals surface area (Å²) < 4.78 is 0. The summed E-state index contributed by atoms with van der Waals surface area (Å²) in [4.78, 5) is 0. The van der Waals surface area contributed by atoms with Crippen LogP contribution < -0.4 is 0 Å². The summed E-state index contributed by atoms with van der Waals surface area (Å²) >= 11 is 3.70. The van der Waals surface area contributed by atoms with Gasteiger partial charge < -0.3 is 0 Å². The fraction of sp³-hybridized carbons (Fsp3) is 1.00. The van der Waals surface area contributed by atoms with Gasteiger partial charge in [0.15, 0.2) is 0 Å². The Bertz CT molecular complexity index is 144. The fourth-order valence-electron chi connectivity index (χ4n) is 2.47. The number of halogens is 1. The molecule has 0 bridgehead atoms. The highest BCUT2D eigenvalue weighted by Gasteiger charge is 2.25. The molecule has 0 aromatic carbocycles. The zero-order chi connectivity index (χ0) is 11.7. The summed E-state index contributed by atoms with van der Waals surface area (Å²) in [5, 5.41) is 1.16. The summed E-state index contributed by atoms with van der Waals surface area (Å²) in [7, 11) is 0. The first-order valence-electron chi connectivity index (χ1n) is 6.67. The van der Waals surface area contributed by atoms with Crippen molar-refractivity contribution in [3.63, 3.8) is 0 Å². The maximum Gasteiger partial charge on any atom is 0.00854 e. The van der Waals surface area contributed by atoms with E-state index >= 15 is 0 Å². The number of hydrogen-bond acceptors (Lipinski definition) is 0. The third-order valence-corrected chi connectivity index (χ3v) is 4.85. The average Bonchev–Trinajstić information content (AvgIpc) is 2.24. The first kappa shape index (κ1) is 15.5. The molecule has 92 valence electrons. The van der Waals surface area contributed by atoms with Crippen molar-refractivity contribution >= 4 is 15.9 Å². The molecular weight excluding hydrogens is 248 g/mol. The Morgan fingerprint density at radius 3 is 2.20 bits per heavy atom. The van der Waals surface area contributed by atoms with Gasteiger partial charge in [-0.3, -0.25) is 0 Å². The highest BCUT2D eigenvalue weighted by atomic mass is 79.9. The summed E-state index contributed by atoms with van der Waals surface area (Å²) in [5.74, 6) is 0.944. The van der Waals surface area contributed by atoms with Crippen LogP contribution in [0, 0.1) is 11.3 Å². The third kappa shape index (κ3) is 6.60. The molecule has 1 heteroatoms. The van der Waals surface area contributed by atoms with Gasteiger partial charge in [-0.2, -0.15) is 0 Å². The minimum Gasteiger partial charge on any atom is -0.0922 e. The molecule has 0 aliphatic heterocycles. The quantitative estimate of drug-likeness (QED) is 0.468. The van der Waals surface area contributed by atoms with E-state index in [0.29, 0.717) is 5.41 Å². The summed E-state index contributed by atoms with van der Waals surface area (Å²) in [6.07, 6.45) is 9.61. The molecule has 0 spiro atoms. The lowest BCUT2D eigenvalue weighted by Gasteiger charge is -2.31. The van der Waals surface area contributed by atoms with Gasteiger partial charge in [0.1, 0.15) is 0 Å². The van der Waals surface area contributed by atoms with Crippen LogP contribution in [-0.2, 0) is 0 Å². The van der Waals surface area contributed by atoms with Crippen LogP contribution in [0.3, 0.4) is 0 Å². The van der Waals surface area contributed by atoms with Crippen LogP contribution in [0.15, 0.2) is 0 Å². The fourth-order valence-corrected chi connectivity index (χ4v) is 2.98. The van der Waals surface area contributed by atoms with Crippen molar-refractivity contribution in [3.05, 3.63) is 0 Å². The highest BCUT2D eigenvalue weighted by Crippen LogP contribution is 2.36. The van der Waals surface area contributed by atoms with E-state index in [1.807, 2.05) is 0 Å². The van der Waals surface area contributed by atoms with Crippen LogP contribution in [0.5, 0.6) is 0 Å². The lowest BCUT2D eigenvalue weighted by atomic mass is 9.77. The molecule has 0 radical (unpaired) electrons. The van der Waals surface area contributed by atoms with E-state index in [4.69, 9.17) is 0 Å². The smallest absolute Gasteiger partial charge is 0.00854 e. The Labute approximate surface area is 105 Å². The van der Waals surface area contributed by atoms with Gasteiger partial charge in [0.2, 0.25) is 0 Å². The highest BCUT2D eigenvalue weighted by molar-refractivity contribution is 9.09. The van der Waals surface area contributed by atoms with Gasteiger partial charge in [-0.05, 0) is 24.2 Å². The molecule has 0 saturated heterocycles. The van der Waals surface area contributed by atoms with E-state index in [9.17, 15) is 0 Å². The second kappa shape index (κ2) is 8.61. The first-order chi connectivity index (χ1) is 7.11. The predicted molar refractivity (Wildman–Crippen MR) is 74.7 cm³/mol. The van der Waals surface area contributed by atoms with Gasteiger partial charge in [0, 0.05) is 5.33 Å². The van der Waals surface area contributed by atoms with E-state index in [1.165, 1.54) is 44.9 Å². The predicted octanol–water partition coefficient (Wildman–Crippen LogP) is 5.79. The molecule has 0 fully saturated rings. The lowest BCUT2D eigenvalue weighted by Crippen LogP contribution is -2.22. The van der Waals surface area contributed by atoms with Gasteiger partial charge in [-0.25, -0.2) is 0 Å². The molecule has 0 saturated carbocycles. The molecule has 0 aliphatic rings. The van der Waals surface area contributed by atoms with E-state index in [1.54, 1.807) is 0 Å². The van der Waals surface area contributed by atoms with Gasteiger partial charge in [-0.15, -0.1) is 0 Å². The van der Waals surface area contributed by atoms with Crippen LogP contribution in [-0.4, -0.2) is 5.33 Å². The van der Waals surface area contributed by atoms with Crippen LogP contribution in [0.4, 0.5) is 0 Å². The Hall–Kier alpha value is 0.480. The van der Waals surface area contributed by atoms with Crippen molar-refractivity contribution in [1.82, 2.24) is 0 Å². The van der Waals surface area contributed by atoms with Crippen molar-refractivity contribution in [2.24, 2.45) is 11.3 Å². The van der Waals surface area contributed by atoms with E-state index < -0.39 is 0 Å². The molecular formula is C14H29Br. The minimum atomic E-state index is 0.531. The second-order valence-electron chi connectivity index (χ2n) is 5.31. The molecule has 0 aliphatic carbocycles. The largest absolute Gasteiger partial charge is 0.0922 e. The molecule has 0 nitrogen and oxygen atoms in total. The van der Waals surface area contributed by atoms with E-state index in [0.717, 1.165) is 11.2 Å². The van der Waals surface area contributed by atoms with E-state index in [2.05, 4.69) is 43.6 Å². The number of unbranched alkanes of at least 4 members (excludes halogenated alkanes) is 1. The van der Waals surface area contributed by atoms with Crippen molar-refractivity contribution in [2.45, 2.75) is 72.6 Å². The summed E-state index contributed by atoms with van der Waals surface area (Å²) in [6, 6.07) is 0. The summed E-state index contributed by atoms with van der Waals surface area (Å²) in [6.45, 7) is 9.39. The number of alkyl halides is 1. The Morgan fingerprint density at radius 2 is 1.80 bits per heavy atom. The maximum absolute atomic E-state index is 3.70. The van der Waals surface area contributed by atoms with Gasteiger partial charge in [0.05, 0.1) is 0 Å². The molecule has 0 heterocycles. The second-order valence-corrected chi connectivity index (χ2v) is 5.88. The van der Waals surface area contributed by atoms with Crippen molar-refractivity contribution in [3.8, 4) is 0 Å². The van der Waals surface area contributed by atoms with Gasteiger partial charge in [0.25, 0.3) is 0 Å². The topological polar surface area (TPSA) is 0 Å².